The van der Waals surface area contributed by atoms with Crippen molar-refractivity contribution in [1.29, 1.82) is 0 Å². The first-order valence-electron chi connectivity index (χ1n) is 9.76. The lowest BCUT2D eigenvalue weighted by Crippen LogP contribution is -2.46. The SMILES string of the molecule is CCC(=O)N(CC(C)(C)CC(C)(C)C(=O)NCCC(C)(C)C)C(=O)CC. The first kappa shape index (κ1) is 24.6. The standard InChI is InChI=1S/C21H40N2O3/c1-10-16(24)23(17(25)11-2)15-20(6,7)14-21(8,9)18(26)22-13-12-19(3,4)5/h10-15H2,1-9H3,(H,22,26). The van der Waals surface area contributed by atoms with E-state index in [1.165, 1.54) is 4.90 Å². The molecule has 1 N–H and O–H groups in total. The highest BCUT2D eigenvalue weighted by Crippen LogP contribution is 2.35. The Balaban J connectivity index is 4.99. The van der Waals surface area contributed by atoms with Gasteiger partial charge in [-0.3, -0.25) is 19.3 Å². The second kappa shape index (κ2) is 9.52. The summed E-state index contributed by atoms with van der Waals surface area (Å²) in [4.78, 5) is 38.3. The van der Waals surface area contributed by atoms with E-state index in [1.807, 2.05) is 27.7 Å². The van der Waals surface area contributed by atoms with Gasteiger partial charge in [0.15, 0.2) is 0 Å². The molecule has 0 aromatic rings. The summed E-state index contributed by atoms with van der Waals surface area (Å²) >= 11 is 0. The van der Waals surface area contributed by atoms with E-state index in [-0.39, 0.29) is 28.6 Å². The highest BCUT2D eigenvalue weighted by atomic mass is 16.2. The number of carbonyl (C=O) groups excluding carboxylic acids is 3. The zero-order valence-electron chi connectivity index (χ0n) is 18.4. The molecule has 0 rings (SSSR count). The maximum atomic E-state index is 12.6. The van der Waals surface area contributed by atoms with Crippen LogP contribution < -0.4 is 5.32 Å². The molecule has 0 aliphatic rings. The summed E-state index contributed by atoms with van der Waals surface area (Å²) in [5, 5.41) is 3.04. The van der Waals surface area contributed by atoms with Crippen molar-refractivity contribution in [2.45, 2.75) is 88.0 Å². The second-order valence-corrected chi connectivity index (χ2v) is 9.87. The molecule has 0 aliphatic heterocycles. The van der Waals surface area contributed by atoms with Gasteiger partial charge in [-0.15, -0.1) is 0 Å². The minimum absolute atomic E-state index is 0.0185. The summed E-state index contributed by atoms with van der Waals surface area (Å²) in [6, 6.07) is 0. The number of nitrogens with zero attached hydrogens (tertiary/aromatic N) is 1. The molecule has 0 radical (unpaired) electrons. The summed E-state index contributed by atoms with van der Waals surface area (Å²) in [6.45, 7) is 18.8. The van der Waals surface area contributed by atoms with Crippen molar-refractivity contribution in [1.82, 2.24) is 10.2 Å². The van der Waals surface area contributed by atoms with Crippen LogP contribution in [-0.4, -0.2) is 35.7 Å². The monoisotopic (exact) mass is 368 g/mol. The lowest BCUT2D eigenvalue weighted by molar-refractivity contribution is -0.146. The van der Waals surface area contributed by atoms with Crippen molar-refractivity contribution >= 4 is 17.7 Å². The average Bonchev–Trinajstić information content (AvgIpc) is 2.48. The van der Waals surface area contributed by atoms with E-state index in [9.17, 15) is 14.4 Å². The highest BCUT2D eigenvalue weighted by molar-refractivity contribution is 5.95. The number of rotatable bonds is 9. The molecule has 0 aromatic carbocycles. The van der Waals surface area contributed by atoms with Crippen LogP contribution in [0.1, 0.15) is 88.0 Å². The van der Waals surface area contributed by atoms with Gasteiger partial charge in [0, 0.05) is 31.3 Å². The van der Waals surface area contributed by atoms with Gasteiger partial charge in [-0.25, -0.2) is 0 Å². The normalized spacial score (nSPS) is 12.7. The van der Waals surface area contributed by atoms with E-state index < -0.39 is 5.41 Å². The van der Waals surface area contributed by atoms with Gasteiger partial charge in [0.05, 0.1) is 0 Å². The Hall–Kier alpha value is -1.39. The molecule has 0 heterocycles. The molecule has 152 valence electrons. The predicted molar refractivity (Wildman–Crippen MR) is 107 cm³/mol. The van der Waals surface area contributed by atoms with E-state index in [1.54, 1.807) is 13.8 Å². The lowest BCUT2D eigenvalue weighted by Gasteiger charge is -2.37. The minimum Gasteiger partial charge on any atom is -0.356 e. The van der Waals surface area contributed by atoms with Crippen LogP contribution in [0.3, 0.4) is 0 Å². The van der Waals surface area contributed by atoms with Crippen molar-refractivity contribution in [3.63, 3.8) is 0 Å². The number of hydrogen-bond acceptors (Lipinski definition) is 3. The first-order chi connectivity index (χ1) is 11.6. The summed E-state index contributed by atoms with van der Waals surface area (Å²) in [5.41, 5.74) is -0.740. The van der Waals surface area contributed by atoms with Crippen LogP contribution in [0.4, 0.5) is 0 Å². The average molecular weight is 369 g/mol. The topological polar surface area (TPSA) is 66.5 Å². The van der Waals surface area contributed by atoms with E-state index in [0.29, 0.717) is 32.4 Å². The zero-order valence-corrected chi connectivity index (χ0v) is 18.4. The quantitative estimate of drug-likeness (QED) is 0.664. The number of imide groups is 1. The summed E-state index contributed by atoms with van der Waals surface area (Å²) in [6.07, 6.45) is 2.12. The number of hydrogen-bond donors (Lipinski definition) is 1. The van der Waals surface area contributed by atoms with E-state index in [4.69, 9.17) is 0 Å². The third-order valence-electron chi connectivity index (χ3n) is 4.49. The van der Waals surface area contributed by atoms with Crippen LogP contribution in [0.25, 0.3) is 0 Å². The zero-order chi connectivity index (χ0) is 20.8. The fraction of sp³-hybridized carbons (Fsp3) is 0.857. The van der Waals surface area contributed by atoms with Crippen LogP contribution in [0.2, 0.25) is 0 Å². The van der Waals surface area contributed by atoms with Gasteiger partial charge >= 0.3 is 0 Å². The van der Waals surface area contributed by atoms with Crippen LogP contribution in [0, 0.1) is 16.2 Å². The molecule has 0 aliphatic carbocycles. The van der Waals surface area contributed by atoms with E-state index in [2.05, 4.69) is 26.1 Å². The largest absolute Gasteiger partial charge is 0.356 e. The van der Waals surface area contributed by atoms with Gasteiger partial charge in [0.25, 0.3) is 0 Å². The molecule has 5 heteroatoms. The van der Waals surface area contributed by atoms with Crippen LogP contribution in [0.15, 0.2) is 0 Å². The molecule has 26 heavy (non-hydrogen) atoms. The number of nitrogens with one attached hydrogen (secondary N) is 1. The number of carbonyl (C=O) groups is 3. The molecule has 0 bridgehead atoms. The molecule has 5 nitrogen and oxygen atoms in total. The smallest absolute Gasteiger partial charge is 0.228 e. The molecule has 0 saturated heterocycles. The maximum absolute atomic E-state index is 12.6. The highest BCUT2D eigenvalue weighted by Gasteiger charge is 2.37. The number of amides is 3. The van der Waals surface area contributed by atoms with Gasteiger partial charge in [-0.05, 0) is 23.7 Å². The van der Waals surface area contributed by atoms with Gasteiger partial charge in [-0.2, -0.15) is 0 Å². The Kier molecular flexibility index (Phi) is 9.01. The Morgan fingerprint density at radius 3 is 1.69 bits per heavy atom. The lowest BCUT2D eigenvalue weighted by atomic mass is 9.74. The van der Waals surface area contributed by atoms with Crippen molar-refractivity contribution in [3.8, 4) is 0 Å². The molecule has 0 atom stereocenters. The van der Waals surface area contributed by atoms with E-state index in [0.717, 1.165) is 6.42 Å². The van der Waals surface area contributed by atoms with Crippen LogP contribution in [0.5, 0.6) is 0 Å². The summed E-state index contributed by atoms with van der Waals surface area (Å²) in [7, 11) is 0. The second-order valence-electron chi connectivity index (χ2n) is 9.87. The predicted octanol–water partition coefficient (Wildman–Crippen LogP) is 4.16. The molecule has 0 saturated carbocycles. The molecule has 0 unspecified atom stereocenters. The fourth-order valence-electron chi connectivity index (χ4n) is 3.25. The van der Waals surface area contributed by atoms with Crippen LogP contribution in [-0.2, 0) is 14.4 Å². The molecule has 0 fully saturated rings. The van der Waals surface area contributed by atoms with E-state index >= 15 is 0 Å². The Labute approximate surface area is 160 Å². The van der Waals surface area contributed by atoms with Crippen molar-refractivity contribution < 1.29 is 14.4 Å². The molecule has 0 aromatic heterocycles. The van der Waals surface area contributed by atoms with Crippen molar-refractivity contribution in [2.24, 2.45) is 16.2 Å². The first-order valence-corrected chi connectivity index (χ1v) is 9.76. The fourth-order valence-corrected chi connectivity index (χ4v) is 3.25. The van der Waals surface area contributed by atoms with Gasteiger partial charge < -0.3 is 5.32 Å². The molecular weight excluding hydrogens is 328 g/mol. The van der Waals surface area contributed by atoms with Gasteiger partial charge in [0.2, 0.25) is 17.7 Å². The van der Waals surface area contributed by atoms with Crippen molar-refractivity contribution in [3.05, 3.63) is 0 Å². The minimum atomic E-state index is -0.572. The van der Waals surface area contributed by atoms with Crippen molar-refractivity contribution in [2.75, 3.05) is 13.1 Å². The molecule has 0 spiro atoms. The Bertz CT molecular complexity index is 486. The molecular formula is C21H40N2O3. The van der Waals surface area contributed by atoms with Gasteiger partial charge in [0.1, 0.15) is 0 Å². The third kappa shape index (κ3) is 8.81. The van der Waals surface area contributed by atoms with Gasteiger partial charge in [-0.1, -0.05) is 62.3 Å². The van der Waals surface area contributed by atoms with Crippen LogP contribution >= 0.6 is 0 Å². The molecule has 3 amide bonds. The Morgan fingerprint density at radius 1 is 0.846 bits per heavy atom. The Morgan fingerprint density at radius 2 is 1.31 bits per heavy atom. The maximum Gasteiger partial charge on any atom is 0.228 e. The summed E-state index contributed by atoms with van der Waals surface area (Å²) < 4.78 is 0. The third-order valence-corrected chi connectivity index (χ3v) is 4.49. The summed E-state index contributed by atoms with van der Waals surface area (Å²) in [5.74, 6) is -0.292.